The van der Waals surface area contributed by atoms with Gasteiger partial charge in [0.15, 0.2) is 0 Å². The van der Waals surface area contributed by atoms with Crippen LogP contribution in [0.3, 0.4) is 0 Å². The van der Waals surface area contributed by atoms with Gasteiger partial charge in [0.05, 0.1) is 20.4 Å². The second kappa shape index (κ2) is 3.49. The lowest BCUT2D eigenvalue weighted by Gasteiger charge is -2.04. The Morgan fingerprint density at radius 1 is 1.14 bits per heavy atom. The number of methoxy groups -OCH3 is 2. The summed E-state index contributed by atoms with van der Waals surface area (Å²) in [4.78, 5) is 0. The number of rotatable bonds is 2. The molecule has 2 rings (SSSR count). The number of hydrogen-bond acceptors (Lipinski definition) is 4. The molecule has 0 spiro atoms. The molecule has 2 aromatic rings. The Bertz CT molecular complexity index is 457. The van der Waals surface area contributed by atoms with Gasteiger partial charge >= 0.3 is 0 Å². The van der Waals surface area contributed by atoms with Crippen LogP contribution < -0.4 is 9.47 Å². The molecule has 1 aromatic carbocycles. The van der Waals surface area contributed by atoms with Crippen LogP contribution in [0.4, 0.5) is 0 Å². The van der Waals surface area contributed by atoms with E-state index in [4.69, 9.17) is 9.47 Å². The van der Waals surface area contributed by atoms with E-state index in [1.807, 2.05) is 18.2 Å². The molecule has 4 heteroatoms. The quantitative estimate of drug-likeness (QED) is 0.722. The minimum atomic E-state index is 0.533. The normalized spacial score (nSPS) is 10.1. The highest BCUT2D eigenvalue weighted by Crippen LogP contribution is 2.25. The van der Waals surface area contributed by atoms with Crippen molar-refractivity contribution in [1.82, 2.24) is 10.2 Å². The molecule has 0 aliphatic rings. The van der Waals surface area contributed by atoms with Gasteiger partial charge < -0.3 is 9.47 Å². The second-order valence-electron chi connectivity index (χ2n) is 2.81. The van der Waals surface area contributed by atoms with Crippen LogP contribution in [-0.4, -0.2) is 24.4 Å². The number of aromatic nitrogens is 2. The van der Waals surface area contributed by atoms with Gasteiger partial charge in [0, 0.05) is 10.8 Å². The molecule has 0 bridgehead atoms. The van der Waals surface area contributed by atoms with Gasteiger partial charge in [-0.15, -0.1) is 5.10 Å². The molecule has 4 nitrogen and oxygen atoms in total. The van der Waals surface area contributed by atoms with Crippen molar-refractivity contribution in [1.29, 1.82) is 0 Å². The zero-order chi connectivity index (χ0) is 9.97. The molecule has 0 aliphatic heterocycles. The van der Waals surface area contributed by atoms with Crippen LogP contribution >= 0.6 is 0 Å². The zero-order valence-electron chi connectivity index (χ0n) is 8.02. The third kappa shape index (κ3) is 1.35. The van der Waals surface area contributed by atoms with Crippen LogP contribution in [0.5, 0.6) is 11.6 Å². The summed E-state index contributed by atoms with van der Waals surface area (Å²) in [5, 5.41) is 9.58. The van der Waals surface area contributed by atoms with Gasteiger partial charge in [-0.2, -0.15) is 5.10 Å². The molecule has 1 aromatic heterocycles. The molecule has 0 saturated carbocycles. The Labute approximate surface area is 81.5 Å². The van der Waals surface area contributed by atoms with Gasteiger partial charge in [0.25, 0.3) is 0 Å². The van der Waals surface area contributed by atoms with E-state index in [-0.39, 0.29) is 0 Å². The first kappa shape index (κ1) is 8.74. The molecule has 0 unspecified atom stereocenters. The lowest BCUT2D eigenvalue weighted by atomic mass is 10.2. The molecule has 0 fully saturated rings. The average molecular weight is 190 g/mol. The number of fused-ring (bicyclic) bond motifs is 1. The number of nitrogens with zero attached hydrogens (tertiary/aromatic N) is 2. The largest absolute Gasteiger partial charge is 0.497 e. The van der Waals surface area contributed by atoms with Gasteiger partial charge in [-0.3, -0.25) is 0 Å². The maximum atomic E-state index is 5.11. The van der Waals surface area contributed by atoms with E-state index in [0.717, 1.165) is 16.5 Å². The molecule has 72 valence electrons. The minimum absolute atomic E-state index is 0.533. The highest BCUT2D eigenvalue weighted by Gasteiger charge is 2.03. The number of benzene rings is 1. The Morgan fingerprint density at radius 2 is 2.00 bits per heavy atom. The lowest BCUT2D eigenvalue weighted by Crippen LogP contribution is -1.92. The van der Waals surface area contributed by atoms with Gasteiger partial charge in [0.1, 0.15) is 5.75 Å². The predicted octanol–water partition coefficient (Wildman–Crippen LogP) is 1.65. The van der Waals surface area contributed by atoms with Crippen LogP contribution in [0, 0.1) is 0 Å². The van der Waals surface area contributed by atoms with Crippen molar-refractivity contribution in [3.63, 3.8) is 0 Å². The van der Waals surface area contributed by atoms with Gasteiger partial charge in [-0.1, -0.05) is 0 Å². The molecule has 14 heavy (non-hydrogen) atoms. The van der Waals surface area contributed by atoms with Gasteiger partial charge in [0.2, 0.25) is 5.88 Å². The molecule has 1 heterocycles. The summed E-state index contributed by atoms with van der Waals surface area (Å²) >= 11 is 0. The van der Waals surface area contributed by atoms with Gasteiger partial charge in [-0.05, 0) is 18.2 Å². The van der Waals surface area contributed by atoms with Crippen molar-refractivity contribution in [2.24, 2.45) is 0 Å². The molecular weight excluding hydrogens is 180 g/mol. The highest BCUT2D eigenvalue weighted by molar-refractivity contribution is 5.87. The van der Waals surface area contributed by atoms with E-state index in [0.29, 0.717) is 5.88 Å². The van der Waals surface area contributed by atoms with Crippen molar-refractivity contribution in [3.8, 4) is 11.6 Å². The summed E-state index contributed by atoms with van der Waals surface area (Å²) in [6, 6.07) is 5.67. The van der Waals surface area contributed by atoms with Crippen molar-refractivity contribution >= 4 is 10.8 Å². The summed E-state index contributed by atoms with van der Waals surface area (Å²) in [5.41, 5.74) is 0. The van der Waals surface area contributed by atoms with E-state index >= 15 is 0 Å². The fourth-order valence-electron chi connectivity index (χ4n) is 1.32. The lowest BCUT2D eigenvalue weighted by molar-refractivity contribution is 0.397. The minimum Gasteiger partial charge on any atom is -0.497 e. The number of ether oxygens (including phenoxy) is 2. The van der Waals surface area contributed by atoms with Crippen molar-refractivity contribution < 1.29 is 9.47 Å². The summed E-state index contributed by atoms with van der Waals surface area (Å²) in [6.45, 7) is 0. The summed E-state index contributed by atoms with van der Waals surface area (Å²) in [6.07, 6.45) is 1.68. The zero-order valence-corrected chi connectivity index (χ0v) is 8.02. The monoisotopic (exact) mass is 190 g/mol. The molecule has 0 amide bonds. The Morgan fingerprint density at radius 3 is 2.71 bits per heavy atom. The molecule has 0 atom stereocenters. The summed E-state index contributed by atoms with van der Waals surface area (Å²) < 4.78 is 10.2. The molecule has 0 saturated heterocycles. The van der Waals surface area contributed by atoms with Crippen LogP contribution in [-0.2, 0) is 0 Å². The van der Waals surface area contributed by atoms with E-state index in [1.165, 1.54) is 0 Å². The first-order valence-electron chi connectivity index (χ1n) is 4.18. The van der Waals surface area contributed by atoms with E-state index in [2.05, 4.69) is 10.2 Å². The maximum Gasteiger partial charge on any atom is 0.241 e. The summed E-state index contributed by atoms with van der Waals surface area (Å²) in [7, 11) is 3.21. The Kier molecular flexibility index (Phi) is 2.18. The highest BCUT2D eigenvalue weighted by atomic mass is 16.5. The SMILES string of the molecule is COc1ccc2c(OC)nncc2c1. The summed E-state index contributed by atoms with van der Waals surface area (Å²) in [5.74, 6) is 1.33. The first-order chi connectivity index (χ1) is 6.85. The van der Waals surface area contributed by atoms with Crippen molar-refractivity contribution in [3.05, 3.63) is 24.4 Å². The topological polar surface area (TPSA) is 44.2 Å². The fraction of sp³-hybridized carbons (Fsp3) is 0.200. The molecule has 0 N–H and O–H groups in total. The third-order valence-electron chi connectivity index (χ3n) is 2.03. The van der Waals surface area contributed by atoms with Crippen LogP contribution in [0.25, 0.3) is 10.8 Å². The smallest absolute Gasteiger partial charge is 0.241 e. The Hall–Kier alpha value is -1.84. The maximum absolute atomic E-state index is 5.11. The first-order valence-corrected chi connectivity index (χ1v) is 4.18. The van der Waals surface area contributed by atoms with Crippen LogP contribution in [0.15, 0.2) is 24.4 Å². The van der Waals surface area contributed by atoms with E-state index in [1.54, 1.807) is 20.4 Å². The van der Waals surface area contributed by atoms with Crippen molar-refractivity contribution in [2.75, 3.05) is 14.2 Å². The third-order valence-corrected chi connectivity index (χ3v) is 2.03. The van der Waals surface area contributed by atoms with E-state index in [9.17, 15) is 0 Å². The molecular formula is C10H10N2O2. The Balaban J connectivity index is 2.67. The van der Waals surface area contributed by atoms with Crippen LogP contribution in [0.1, 0.15) is 0 Å². The molecule has 0 radical (unpaired) electrons. The fourth-order valence-corrected chi connectivity index (χ4v) is 1.32. The average Bonchev–Trinajstić information content (AvgIpc) is 2.27. The molecule has 0 aliphatic carbocycles. The van der Waals surface area contributed by atoms with Crippen molar-refractivity contribution in [2.45, 2.75) is 0 Å². The predicted molar refractivity (Wildman–Crippen MR) is 52.6 cm³/mol. The van der Waals surface area contributed by atoms with E-state index < -0.39 is 0 Å². The number of hydrogen-bond donors (Lipinski definition) is 0. The second-order valence-corrected chi connectivity index (χ2v) is 2.81. The van der Waals surface area contributed by atoms with Gasteiger partial charge in [-0.25, -0.2) is 0 Å². The standard InChI is InChI=1S/C10H10N2O2/c1-13-8-3-4-9-7(5-8)6-11-12-10(9)14-2/h3-6H,1-2H3. The van der Waals surface area contributed by atoms with Crippen LogP contribution in [0.2, 0.25) is 0 Å².